The maximum Gasteiger partial charge on any atom is 2.00 e. The summed E-state index contributed by atoms with van der Waals surface area (Å²) >= 11 is 10.6. The van der Waals surface area contributed by atoms with Crippen LogP contribution in [0.5, 0.6) is 11.5 Å². The van der Waals surface area contributed by atoms with Gasteiger partial charge in [-0.2, -0.15) is 5.10 Å². The summed E-state index contributed by atoms with van der Waals surface area (Å²) in [5.74, 6) is 1.67. The molecule has 2 aromatic rings. The van der Waals surface area contributed by atoms with Gasteiger partial charge in [0.1, 0.15) is 11.5 Å². The third-order valence-electron chi connectivity index (χ3n) is 4.84. The smallest absolute Gasteiger partial charge is 0.742 e. The van der Waals surface area contributed by atoms with Gasteiger partial charge in [0.15, 0.2) is 0 Å². The van der Waals surface area contributed by atoms with Crippen molar-refractivity contribution in [2.75, 3.05) is 26.4 Å². The van der Waals surface area contributed by atoms with Gasteiger partial charge in [0.2, 0.25) is 0 Å². The molecule has 3 N–H and O–H groups in total. The van der Waals surface area contributed by atoms with E-state index < -0.39 is 0 Å². The Kier molecular flexibility index (Phi) is 18.1. The summed E-state index contributed by atoms with van der Waals surface area (Å²) < 4.78 is 16.4. The maximum atomic E-state index is 5.47. The first-order valence-corrected chi connectivity index (χ1v) is 13.1. The van der Waals surface area contributed by atoms with Crippen LogP contribution in [0.2, 0.25) is 0 Å². The van der Waals surface area contributed by atoms with E-state index in [0.29, 0.717) is 56.3 Å². The summed E-state index contributed by atoms with van der Waals surface area (Å²) in [5.41, 5.74) is 10.9. The van der Waals surface area contributed by atoms with E-state index in [1.807, 2.05) is 69.3 Å². The Hall–Kier alpha value is -2.47. The molecule has 0 fully saturated rings. The van der Waals surface area contributed by atoms with Crippen LogP contribution in [0.15, 0.2) is 63.6 Å². The van der Waals surface area contributed by atoms with Crippen molar-refractivity contribution in [3.8, 4) is 11.5 Å². The van der Waals surface area contributed by atoms with Gasteiger partial charge < -0.3 is 44.9 Å². The summed E-state index contributed by atoms with van der Waals surface area (Å²) in [7, 11) is 0. The van der Waals surface area contributed by atoms with Crippen molar-refractivity contribution in [2.24, 2.45) is 15.1 Å². The van der Waals surface area contributed by atoms with Crippen LogP contribution in [0, 0.1) is 0 Å². The van der Waals surface area contributed by atoms with Gasteiger partial charge in [0, 0.05) is 19.4 Å². The van der Waals surface area contributed by atoms with Crippen molar-refractivity contribution in [2.45, 2.75) is 46.3 Å². The fourth-order valence-corrected chi connectivity index (χ4v) is 3.23. The van der Waals surface area contributed by atoms with Gasteiger partial charge in [-0.05, 0) is 72.9 Å². The molecule has 2 rings (SSSR count). The molecule has 1 radical (unpaired) electrons. The molecule has 0 bridgehead atoms. The summed E-state index contributed by atoms with van der Waals surface area (Å²) in [4.78, 5) is 8.74. The monoisotopic (exact) mass is 607 g/mol. The number of rotatable bonds is 16. The number of nitrogens with zero attached hydrogens (tertiary/aromatic N) is 3. The zero-order chi connectivity index (χ0) is 26.7. The molecule has 0 aliphatic heterocycles. The molecule has 0 saturated carbocycles. The minimum Gasteiger partial charge on any atom is -0.742 e. The molecule has 38 heavy (non-hydrogen) atoms. The number of aliphatic imine (C=N–C) groups is 2. The number of ether oxygens (including phenoxy) is 3. The average molecular weight is 608 g/mol. The van der Waals surface area contributed by atoms with Gasteiger partial charge in [-0.25, -0.2) is 5.43 Å². The van der Waals surface area contributed by atoms with Gasteiger partial charge in [0.05, 0.1) is 32.3 Å². The molecule has 9 nitrogen and oxygen atoms in total. The Labute approximate surface area is 247 Å². The molecule has 12 heteroatoms. The quantitative estimate of drug-likeness (QED) is 0.0666. The van der Waals surface area contributed by atoms with E-state index in [-0.39, 0.29) is 23.1 Å². The summed E-state index contributed by atoms with van der Waals surface area (Å²) in [5, 5.41) is 4.86. The normalized spacial score (nSPS) is 12.6. The SMILES string of the molecule is CCOCCC(/C=N/NC([S-])=NCc1ccc(OCC)cc1)NNC([S-])=NCc1ccc(OCC)cc1.[Cu+2]. The number of nitrogens with one attached hydrogen (secondary N) is 3. The Balaban J connectivity index is 0.00000722. The van der Waals surface area contributed by atoms with Crippen LogP contribution in [-0.2, 0) is 60.2 Å². The first kappa shape index (κ1) is 33.6. The second-order valence-electron chi connectivity index (χ2n) is 7.65. The van der Waals surface area contributed by atoms with E-state index in [1.54, 1.807) is 6.21 Å². The van der Waals surface area contributed by atoms with E-state index in [1.165, 1.54) is 0 Å². The topological polar surface area (TPSA) is 101 Å². The minimum absolute atomic E-state index is 0. The van der Waals surface area contributed by atoms with Gasteiger partial charge >= 0.3 is 17.1 Å². The average Bonchev–Trinajstić information content (AvgIpc) is 2.91. The molecule has 1 unspecified atom stereocenters. The molecule has 0 aliphatic carbocycles. The number of hydrogen-bond acceptors (Lipinski definition) is 9. The zero-order valence-electron chi connectivity index (χ0n) is 21.9. The molecular weight excluding hydrogens is 572 g/mol. The number of hydrogen-bond donors (Lipinski definition) is 3. The largest absolute Gasteiger partial charge is 2.00 e. The predicted molar refractivity (Wildman–Crippen MR) is 155 cm³/mol. The van der Waals surface area contributed by atoms with Crippen molar-refractivity contribution < 1.29 is 31.3 Å². The number of hydrazone groups is 1. The van der Waals surface area contributed by atoms with Crippen molar-refractivity contribution in [3.63, 3.8) is 0 Å². The fraction of sp³-hybridized carbons (Fsp3) is 0.423. The molecule has 0 aliphatic rings. The first-order chi connectivity index (χ1) is 18.0. The first-order valence-electron chi connectivity index (χ1n) is 12.3. The van der Waals surface area contributed by atoms with Crippen LogP contribution in [0.3, 0.4) is 0 Å². The zero-order valence-corrected chi connectivity index (χ0v) is 24.5. The van der Waals surface area contributed by atoms with E-state index in [0.717, 1.165) is 22.6 Å². The predicted octanol–water partition coefficient (Wildman–Crippen LogP) is 3.45. The summed E-state index contributed by atoms with van der Waals surface area (Å²) in [6.45, 7) is 9.24. The number of hydrazine groups is 1. The van der Waals surface area contributed by atoms with Gasteiger partial charge in [-0.1, -0.05) is 24.3 Å². The van der Waals surface area contributed by atoms with Crippen LogP contribution in [0.25, 0.3) is 0 Å². The number of amidine groups is 2. The van der Waals surface area contributed by atoms with Gasteiger partial charge in [0.25, 0.3) is 0 Å². The Morgan fingerprint density at radius 1 is 0.816 bits per heavy atom. The molecule has 0 aromatic heterocycles. The third kappa shape index (κ3) is 14.5. The molecule has 0 saturated heterocycles. The van der Waals surface area contributed by atoms with Crippen LogP contribution >= 0.6 is 0 Å². The Morgan fingerprint density at radius 3 is 1.84 bits per heavy atom. The fourth-order valence-electron chi connectivity index (χ4n) is 2.99. The second kappa shape index (κ2) is 20.5. The van der Waals surface area contributed by atoms with E-state index >= 15 is 0 Å². The van der Waals surface area contributed by atoms with E-state index in [9.17, 15) is 0 Å². The maximum absolute atomic E-state index is 5.47. The summed E-state index contributed by atoms with van der Waals surface area (Å²) in [6.07, 6.45) is 2.36. The van der Waals surface area contributed by atoms with Crippen LogP contribution in [0.1, 0.15) is 38.3 Å². The molecular formula is C26H36CuN6O3S2. The van der Waals surface area contributed by atoms with Gasteiger partial charge in [-0.15, -0.1) is 0 Å². The van der Waals surface area contributed by atoms with E-state index in [2.05, 4.69) is 31.4 Å². The standard InChI is InChI=1S/C26H38N6O3S2.Cu/c1-4-33-16-15-22(30-32-26(37)28-18-21-9-13-24(14-10-21)35-6-3)19-29-31-25(36)27-17-20-7-11-23(12-8-20)34-5-2;/h7-14,19,22,30H,4-6,15-18H2,1-3H3,(H2,27,31,36)(H2,28,32,37);/q;+2/p-2/b29-19+;. The molecule has 0 amide bonds. The molecule has 0 heterocycles. The molecule has 2 aromatic carbocycles. The van der Waals surface area contributed by atoms with Crippen LogP contribution in [-0.4, -0.2) is 49.0 Å². The summed E-state index contributed by atoms with van der Waals surface area (Å²) in [6, 6.07) is 15.4. The second-order valence-corrected chi connectivity index (χ2v) is 8.42. The third-order valence-corrected chi connectivity index (χ3v) is 5.29. The van der Waals surface area contributed by atoms with Gasteiger partial charge in [-0.3, -0.25) is 15.4 Å². The van der Waals surface area contributed by atoms with Crippen molar-refractivity contribution in [1.29, 1.82) is 0 Å². The van der Waals surface area contributed by atoms with Crippen LogP contribution < -0.4 is 25.8 Å². The van der Waals surface area contributed by atoms with E-state index in [4.69, 9.17) is 39.5 Å². The Bertz CT molecular complexity index is 991. The van der Waals surface area contributed by atoms with Crippen molar-refractivity contribution >= 4 is 41.8 Å². The van der Waals surface area contributed by atoms with Crippen LogP contribution in [0.4, 0.5) is 0 Å². The molecule has 0 spiro atoms. The molecule has 1 atom stereocenters. The Morgan fingerprint density at radius 2 is 1.34 bits per heavy atom. The van der Waals surface area contributed by atoms with Crippen molar-refractivity contribution in [1.82, 2.24) is 16.3 Å². The van der Waals surface area contributed by atoms with Crippen molar-refractivity contribution in [3.05, 3.63) is 59.7 Å². The minimum atomic E-state index is -0.174. The molecule has 211 valence electrons. The number of benzene rings is 2.